The highest BCUT2D eigenvalue weighted by Gasteiger charge is 2.32. The van der Waals surface area contributed by atoms with Crippen molar-refractivity contribution in [2.45, 2.75) is 25.4 Å². The maximum atomic E-state index is 12.0. The third kappa shape index (κ3) is 3.48. The second kappa shape index (κ2) is 5.51. The summed E-state index contributed by atoms with van der Waals surface area (Å²) in [4.78, 5) is 13.9. The van der Waals surface area contributed by atoms with Crippen LogP contribution in [0.1, 0.15) is 25.5 Å². The Morgan fingerprint density at radius 1 is 1.53 bits per heavy atom. The molecule has 1 saturated heterocycles. The zero-order chi connectivity index (χ0) is 14.0. The summed E-state index contributed by atoms with van der Waals surface area (Å²) in [7, 11) is 1.92. The van der Waals surface area contributed by atoms with E-state index in [1.807, 2.05) is 30.1 Å². The van der Waals surface area contributed by atoms with Crippen molar-refractivity contribution in [2.24, 2.45) is 0 Å². The van der Waals surface area contributed by atoms with E-state index in [4.69, 9.17) is 0 Å². The first kappa shape index (κ1) is 14.3. The lowest BCUT2D eigenvalue weighted by Crippen LogP contribution is -2.48. The fourth-order valence-corrected chi connectivity index (χ4v) is 2.61. The van der Waals surface area contributed by atoms with Crippen LogP contribution in [0.3, 0.4) is 0 Å². The van der Waals surface area contributed by atoms with Gasteiger partial charge < -0.3 is 15.5 Å². The molecule has 19 heavy (non-hydrogen) atoms. The van der Waals surface area contributed by atoms with Gasteiger partial charge in [-0.05, 0) is 38.6 Å². The molecule has 1 fully saturated rings. The number of carbonyl (C=O) groups is 1. The lowest BCUT2D eigenvalue weighted by Gasteiger charge is -2.29. The number of nitrogens with zero attached hydrogens (tertiary/aromatic N) is 1. The SMILES string of the molecule is CNC(C)(C)CN1CC(c2cccc(Br)c2)NC1=O. The van der Waals surface area contributed by atoms with Gasteiger partial charge in [0.1, 0.15) is 0 Å². The van der Waals surface area contributed by atoms with E-state index in [2.05, 4.69) is 46.5 Å². The van der Waals surface area contributed by atoms with Crippen LogP contribution in [0.15, 0.2) is 28.7 Å². The van der Waals surface area contributed by atoms with Gasteiger partial charge in [0.15, 0.2) is 0 Å². The first-order chi connectivity index (χ1) is 8.91. The summed E-state index contributed by atoms with van der Waals surface area (Å²) in [5.41, 5.74) is 1.05. The monoisotopic (exact) mass is 325 g/mol. The van der Waals surface area contributed by atoms with Crippen molar-refractivity contribution in [2.75, 3.05) is 20.1 Å². The summed E-state index contributed by atoms with van der Waals surface area (Å²) in [5.74, 6) is 0. The summed E-state index contributed by atoms with van der Waals surface area (Å²) in [6, 6.07) is 8.15. The van der Waals surface area contributed by atoms with Crippen molar-refractivity contribution < 1.29 is 4.79 Å². The van der Waals surface area contributed by atoms with Crippen LogP contribution in [0.5, 0.6) is 0 Å². The number of urea groups is 1. The molecule has 0 bridgehead atoms. The summed E-state index contributed by atoms with van der Waals surface area (Å²) in [6.45, 7) is 5.58. The van der Waals surface area contributed by atoms with E-state index in [-0.39, 0.29) is 17.6 Å². The summed E-state index contributed by atoms with van der Waals surface area (Å²) in [6.07, 6.45) is 0. The van der Waals surface area contributed by atoms with E-state index in [1.165, 1.54) is 0 Å². The van der Waals surface area contributed by atoms with Gasteiger partial charge in [-0.3, -0.25) is 0 Å². The zero-order valence-electron chi connectivity index (χ0n) is 11.5. The van der Waals surface area contributed by atoms with Crippen LogP contribution in [-0.4, -0.2) is 36.6 Å². The van der Waals surface area contributed by atoms with Crippen molar-refractivity contribution in [3.05, 3.63) is 34.3 Å². The molecule has 0 radical (unpaired) electrons. The van der Waals surface area contributed by atoms with Crippen molar-refractivity contribution >= 4 is 22.0 Å². The second-order valence-corrected chi connectivity index (χ2v) is 6.49. The fraction of sp³-hybridized carbons (Fsp3) is 0.500. The standard InChI is InChI=1S/C14H20BrN3O/c1-14(2,16-3)9-18-8-12(17-13(18)19)10-5-4-6-11(15)7-10/h4-7,12,16H,8-9H2,1-3H3,(H,17,19). The molecule has 1 aliphatic rings. The summed E-state index contributed by atoms with van der Waals surface area (Å²) >= 11 is 3.46. The molecule has 1 atom stereocenters. The van der Waals surface area contributed by atoms with Gasteiger partial charge >= 0.3 is 6.03 Å². The second-order valence-electron chi connectivity index (χ2n) is 5.57. The number of rotatable bonds is 4. The quantitative estimate of drug-likeness (QED) is 0.893. The minimum Gasteiger partial charge on any atom is -0.329 e. The van der Waals surface area contributed by atoms with Crippen LogP contribution in [0, 0.1) is 0 Å². The predicted octanol–water partition coefficient (Wildman–Crippen LogP) is 2.51. The molecule has 1 aliphatic heterocycles. The molecule has 1 aromatic rings. The Labute approximate surface area is 122 Å². The number of amides is 2. The zero-order valence-corrected chi connectivity index (χ0v) is 13.1. The van der Waals surface area contributed by atoms with Gasteiger partial charge in [0.05, 0.1) is 6.04 Å². The molecule has 104 valence electrons. The van der Waals surface area contributed by atoms with E-state index in [1.54, 1.807) is 0 Å². The number of likely N-dealkylation sites (N-methyl/N-ethyl adjacent to an activating group) is 1. The molecule has 1 unspecified atom stereocenters. The molecule has 5 heteroatoms. The van der Waals surface area contributed by atoms with Gasteiger partial charge in [-0.25, -0.2) is 4.79 Å². The highest BCUT2D eigenvalue weighted by molar-refractivity contribution is 9.10. The Balaban J connectivity index is 2.07. The smallest absolute Gasteiger partial charge is 0.318 e. The molecule has 2 rings (SSSR count). The lowest BCUT2D eigenvalue weighted by atomic mass is 10.0. The highest BCUT2D eigenvalue weighted by Crippen LogP contribution is 2.24. The lowest BCUT2D eigenvalue weighted by molar-refractivity contribution is 0.201. The van der Waals surface area contributed by atoms with Crippen LogP contribution < -0.4 is 10.6 Å². The summed E-state index contributed by atoms with van der Waals surface area (Å²) in [5, 5.41) is 6.26. The van der Waals surface area contributed by atoms with Crippen molar-refractivity contribution in [1.82, 2.24) is 15.5 Å². The molecular weight excluding hydrogens is 306 g/mol. The van der Waals surface area contributed by atoms with Crippen LogP contribution in [0.4, 0.5) is 4.79 Å². The van der Waals surface area contributed by atoms with Crippen molar-refractivity contribution in [3.8, 4) is 0 Å². The van der Waals surface area contributed by atoms with Crippen molar-refractivity contribution in [3.63, 3.8) is 0 Å². The minimum atomic E-state index is -0.0799. The van der Waals surface area contributed by atoms with Crippen LogP contribution >= 0.6 is 15.9 Å². The largest absolute Gasteiger partial charge is 0.329 e. The molecular formula is C14H20BrN3O. The molecule has 0 aliphatic carbocycles. The fourth-order valence-electron chi connectivity index (χ4n) is 2.19. The molecule has 2 N–H and O–H groups in total. The molecule has 2 amide bonds. The highest BCUT2D eigenvalue weighted by atomic mass is 79.9. The Kier molecular flexibility index (Phi) is 4.16. The molecule has 0 saturated carbocycles. The Morgan fingerprint density at radius 2 is 2.26 bits per heavy atom. The number of nitrogens with one attached hydrogen (secondary N) is 2. The van der Waals surface area contributed by atoms with E-state index >= 15 is 0 Å². The average molecular weight is 326 g/mol. The van der Waals surface area contributed by atoms with Gasteiger partial charge in [0, 0.05) is 23.1 Å². The minimum absolute atomic E-state index is 0.00769. The number of hydrogen-bond acceptors (Lipinski definition) is 2. The number of carbonyl (C=O) groups excluding carboxylic acids is 1. The normalized spacial score (nSPS) is 19.7. The predicted molar refractivity (Wildman–Crippen MR) is 80.1 cm³/mol. The molecule has 0 aromatic heterocycles. The molecule has 1 aromatic carbocycles. The van der Waals surface area contributed by atoms with E-state index < -0.39 is 0 Å². The van der Waals surface area contributed by atoms with Crippen LogP contribution in [0.2, 0.25) is 0 Å². The topological polar surface area (TPSA) is 44.4 Å². The van der Waals surface area contributed by atoms with Gasteiger partial charge in [0.2, 0.25) is 0 Å². The maximum absolute atomic E-state index is 12.0. The van der Waals surface area contributed by atoms with Crippen LogP contribution in [-0.2, 0) is 0 Å². The van der Waals surface area contributed by atoms with Crippen molar-refractivity contribution in [1.29, 1.82) is 0 Å². The van der Waals surface area contributed by atoms with E-state index in [9.17, 15) is 4.79 Å². The first-order valence-corrected chi connectivity index (χ1v) is 7.20. The van der Waals surface area contributed by atoms with E-state index in [0.29, 0.717) is 13.1 Å². The van der Waals surface area contributed by atoms with Gasteiger partial charge in [-0.2, -0.15) is 0 Å². The number of benzene rings is 1. The average Bonchev–Trinajstić information content (AvgIpc) is 2.70. The van der Waals surface area contributed by atoms with Gasteiger partial charge in [0.25, 0.3) is 0 Å². The number of hydrogen-bond donors (Lipinski definition) is 2. The molecule has 1 heterocycles. The summed E-state index contributed by atoms with van der Waals surface area (Å²) < 4.78 is 1.04. The van der Waals surface area contributed by atoms with Crippen LogP contribution in [0.25, 0.3) is 0 Å². The van der Waals surface area contributed by atoms with Gasteiger partial charge in [-0.1, -0.05) is 28.1 Å². The Morgan fingerprint density at radius 3 is 2.89 bits per heavy atom. The Hall–Kier alpha value is -1.07. The van der Waals surface area contributed by atoms with Gasteiger partial charge in [-0.15, -0.1) is 0 Å². The van der Waals surface area contributed by atoms with E-state index in [0.717, 1.165) is 10.0 Å². The maximum Gasteiger partial charge on any atom is 0.318 e. The molecule has 4 nitrogen and oxygen atoms in total. The third-order valence-electron chi connectivity index (χ3n) is 3.50. The number of halogens is 1. The third-order valence-corrected chi connectivity index (χ3v) is 4.00. The molecule has 0 spiro atoms. The Bertz CT molecular complexity index is 476. The first-order valence-electron chi connectivity index (χ1n) is 6.41.